The highest BCUT2D eigenvalue weighted by Gasteiger charge is 2.63. The van der Waals surface area contributed by atoms with Crippen LogP contribution in [0.15, 0.2) is 30.5 Å². The van der Waals surface area contributed by atoms with Gasteiger partial charge in [0, 0.05) is 50.9 Å². The highest BCUT2D eigenvalue weighted by atomic mass is 16.7. The highest BCUT2D eigenvalue weighted by molar-refractivity contribution is 5.93. The molecule has 3 aliphatic rings. The number of anilines is 1. The van der Waals surface area contributed by atoms with Crippen LogP contribution in [0.2, 0.25) is 0 Å². The molecule has 12 heteroatoms. The molecule has 4 heterocycles. The van der Waals surface area contributed by atoms with Gasteiger partial charge in [0.1, 0.15) is 35.3 Å². The number of carbonyl (C=O) groups excluding carboxylic acids is 3. The number of fused-ring (bicyclic) bond motifs is 2. The fourth-order valence-electron chi connectivity index (χ4n) is 5.95. The van der Waals surface area contributed by atoms with Crippen molar-refractivity contribution < 1.29 is 38.1 Å². The first-order valence-electron chi connectivity index (χ1n) is 15.2. The van der Waals surface area contributed by atoms with Crippen LogP contribution in [0.25, 0.3) is 0 Å². The molecule has 1 fully saturated rings. The van der Waals surface area contributed by atoms with Crippen molar-refractivity contribution in [2.24, 2.45) is 5.92 Å². The zero-order valence-corrected chi connectivity index (χ0v) is 26.0. The average molecular weight is 611 g/mol. The second kappa shape index (κ2) is 12.7. The Balaban J connectivity index is 1.39. The first kappa shape index (κ1) is 31.7. The Morgan fingerprint density at radius 3 is 2.64 bits per heavy atom. The molecule has 0 bridgehead atoms. The van der Waals surface area contributed by atoms with Gasteiger partial charge in [0.25, 0.3) is 0 Å². The van der Waals surface area contributed by atoms with Gasteiger partial charge in [-0.05, 0) is 77.3 Å². The van der Waals surface area contributed by atoms with Crippen LogP contribution >= 0.6 is 0 Å². The maximum absolute atomic E-state index is 14.0. The maximum atomic E-state index is 14.0. The zero-order valence-electron chi connectivity index (χ0n) is 26.0. The van der Waals surface area contributed by atoms with Crippen LogP contribution in [0.3, 0.4) is 0 Å². The van der Waals surface area contributed by atoms with E-state index in [1.165, 1.54) is 0 Å². The molecule has 1 aromatic carbocycles. The lowest BCUT2D eigenvalue weighted by atomic mass is 9.81. The van der Waals surface area contributed by atoms with Gasteiger partial charge in [-0.2, -0.15) is 0 Å². The molecule has 0 saturated carbocycles. The van der Waals surface area contributed by atoms with Gasteiger partial charge in [0.05, 0.1) is 5.92 Å². The summed E-state index contributed by atoms with van der Waals surface area (Å²) in [6.45, 7) is 10.3. The van der Waals surface area contributed by atoms with E-state index in [4.69, 9.17) is 23.7 Å². The van der Waals surface area contributed by atoms with E-state index in [0.717, 1.165) is 11.1 Å². The lowest BCUT2D eigenvalue weighted by molar-refractivity contribution is -0.286. The Morgan fingerprint density at radius 2 is 1.91 bits per heavy atom. The first-order chi connectivity index (χ1) is 21.0. The number of nitrogens with one attached hydrogen (secondary N) is 3. The summed E-state index contributed by atoms with van der Waals surface area (Å²) in [4.78, 5) is 44.0. The van der Waals surface area contributed by atoms with Crippen molar-refractivity contribution in [1.29, 1.82) is 0 Å². The second-order valence-corrected chi connectivity index (χ2v) is 12.2. The van der Waals surface area contributed by atoms with Crippen LogP contribution in [0.5, 0.6) is 17.2 Å². The number of aromatic nitrogens is 1. The van der Waals surface area contributed by atoms with Gasteiger partial charge < -0.3 is 39.6 Å². The predicted molar refractivity (Wildman–Crippen MR) is 161 cm³/mol. The molecule has 0 spiro atoms. The van der Waals surface area contributed by atoms with Crippen LogP contribution in [0, 0.1) is 5.92 Å². The third-order valence-electron chi connectivity index (χ3n) is 7.92. The van der Waals surface area contributed by atoms with Gasteiger partial charge in [0.2, 0.25) is 23.1 Å². The molecule has 238 valence electrons. The normalized spacial score (nSPS) is 22.5. The molecule has 1 saturated heterocycles. The number of hydrogen-bond donors (Lipinski definition) is 3. The Kier molecular flexibility index (Phi) is 9.15. The second-order valence-electron chi connectivity index (χ2n) is 12.2. The van der Waals surface area contributed by atoms with Crippen molar-refractivity contribution in [2.45, 2.75) is 77.2 Å². The van der Waals surface area contributed by atoms with Gasteiger partial charge in [0.15, 0.2) is 0 Å². The third-order valence-corrected chi connectivity index (χ3v) is 7.92. The van der Waals surface area contributed by atoms with Crippen molar-refractivity contribution in [3.8, 4) is 17.2 Å². The lowest BCUT2D eigenvalue weighted by Crippen LogP contribution is -2.78. The molecule has 3 N–H and O–H groups in total. The smallest absolute Gasteiger partial charge is 0.339 e. The molecule has 2 amide bonds. The van der Waals surface area contributed by atoms with Crippen LogP contribution in [0.1, 0.15) is 58.6 Å². The summed E-state index contributed by atoms with van der Waals surface area (Å²) < 4.78 is 30.4. The molecule has 0 aliphatic carbocycles. The van der Waals surface area contributed by atoms with Gasteiger partial charge in [-0.15, -0.1) is 0 Å². The number of piperidine rings is 1. The van der Waals surface area contributed by atoms with Crippen LogP contribution < -0.4 is 25.4 Å². The van der Waals surface area contributed by atoms with Crippen molar-refractivity contribution in [1.82, 2.24) is 15.6 Å². The van der Waals surface area contributed by atoms with Crippen molar-refractivity contribution in [3.05, 3.63) is 41.6 Å². The number of nitrogens with zero attached hydrogens (tertiary/aromatic N) is 1. The summed E-state index contributed by atoms with van der Waals surface area (Å²) >= 11 is 0. The molecule has 1 aromatic heterocycles. The van der Waals surface area contributed by atoms with Gasteiger partial charge >= 0.3 is 5.97 Å². The Bertz CT molecular complexity index is 1400. The SMILES string of the molecule is CCOC1(OCC)CCNCC1(NC(=O)C1COc2ccc(Oc3ccnc4c3CCC(=O)N4)cc2C1)C(=O)OC(C)(C)C. The fourth-order valence-corrected chi connectivity index (χ4v) is 5.95. The van der Waals surface area contributed by atoms with Crippen molar-refractivity contribution in [2.75, 3.05) is 38.2 Å². The zero-order chi connectivity index (χ0) is 31.5. The van der Waals surface area contributed by atoms with Crippen molar-refractivity contribution in [3.63, 3.8) is 0 Å². The molecule has 0 radical (unpaired) electrons. The van der Waals surface area contributed by atoms with E-state index in [1.807, 2.05) is 26.0 Å². The minimum absolute atomic E-state index is 0.0744. The molecule has 2 aromatic rings. The Morgan fingerprint density at radius 1 is 1.14 bits per heavy atom. The molecule has 2 atom stereocenters. The van der Waals surface area contributed by atoms with E-state index >= 15 is 0 Å². The van der Waals surface area contributed by atoms with E-state index in [2.05, 4.69) is 20.9 Å². The summed E-state index contributed by atoms with van der Waals surface area (Å²) in [5.74, 6) is -0.778. The number of amides is 2. The molecule has 2 unspecified atom stereocenters. The summed E-state index contributed by atoms with van der Waals surface area (Å²) in [6.07, 6.45) is 3.17. The number of carbonyl (C=O) groups is 3. The van der Waals surface area contributed by atoms with E-state index in [9.17, 15) is 14.4 Å². The third kappa shape index (κ3) is 6.38. The molecule has 12 nitrogen and oxygen atoms in total. The van der Waals surface area contributed by atoms with Crippen LogP contribution in [0.4, 0.5) is 5.82 Å². The summed E-state index contributed by atoms with van der Waals surface area (Å²) in [5.41, 5.74) is -0.819. The maximum Gasteiger partial charge on any atom is 0.339 e. The average Bonchev–Trinajstić information content (AvgIpc) is 2.97. The molecule has 44 heavy (non-hydrogen) atoms. The Hall–Kier alpha value is -3.74. The first-order valence-corrected chi connectivity index (χ1v) is 15.2. The molecule has 3 aliphatic heterocycles. The number of hydrogen-bond acceptors (Lipinski definition) is 10. The monoisotopic (exact) mass is 610 g/mol. The molecular formula is C32H42N4O8. The lowest BCUT2D eigenvalue weighted by Gasteiger charge is -2.51. The fraction of sp³-hybridized carbons (Fsp3) is 0.562. The number of benzene rings is 1. The van der Waals surface area contributed by atoms with Crippen molar-refractivity contribution >= 4 is 23.6 Å². The van der Waals surface area contributed by atoms with Gasteiger partial charge in [-0.1, -0.05) is 0 Å². The number of rotatable bonds is 9. The van der Waals surface area contributed by atoms with Crippen LogP contribution in [-0.4, -0.2) is 72.6 Å². The highest BCUT2D eigenvalue weighted by Crippen LogP contribution is 2.39. The minimum atomic E-state index is -1.64. The predicted octanol–water partition coefficient (Wildman–Crippen LogP) is 3.27. The van der Waals surface area contributed by atoms with E-state index in [0.29, 0.717) is 55.3 Å². The summed E-state index contributed by atoms with van der Waals surface area (Å²) in [5, 5.41) is 9.05. The Labute approximate surface area is 257 Å². The van der Waals surface area contributed by atoms with Crippen LogP contribution in [-0.2, 0) is 41.4 Å². The van der Waals surface area contributed by atoms with E-state index in [1.54, 1.807) is 39.1 Å². The van der Waals surface area contributed by atoms with Gasteiger partial charge in [-0.3, -0.25) is 9.59 Å². The minimum Gasteiger partial charge on any atom is -0.492 e. The standard InChI is InChI=1S/C32H42N4O8/c1-6-41-32(42-7-2)13-15-33-19-31(32,29(39)44-30(3,4)5)36-28(38)21-16-20-17-22(8-10-24(20)40-18-21)43-25-12-14-34-27-23(25)9-11-26(37)35-27/h8,10,12,14,17,21,33H,6-7,9,11,13,15-16,18-19H2,1-5H3,(H,36,38)(H,34,35,37). The van der Waals surface area contributed by atoms with E-state index < -0.39 is 28.8 Å². The molecular weight excluding hydrogens is 568 g/mol. The largest absolute Gasteiger partial charge is 0.492 e. The molecule has 5 rings (SSSR count). The number of pyridine rings is 1. The number of esters is 1. The van der Waals surface area contributed by atoms with Gasteiger partial charge in [-0.25, -0.2) is 9.78 Å². The van der Waals surface area contributed by atoms with E-state index in [-0.39, 0.29) is 38.2 Å². The quantitative estimate of drug-likeness (QED) is 0.286. The summed E-state index contributed by atoms with van der Waals surface area (Å²) in [7, 11) is 0. The number of ether oxygens (including phenoxy) is 5. The topological polar surface area (TPSA) is 146 Å². The summed E-state index contributed by atoms with van der Waals surface area (Å²) in [6, 6.07) is 7.23.